The highest BCUT2D eigenvalue weighted by Gasteiger charge is 2.21. The summed E-state index contributed by atoms with van der Waals surface area (Å²) in [7, 11) is 0. The first kappa shape index (κ1) is 12.0. The molecule has 92 valence electrons. The van der Waals surface area contributed by atoms with Gasteiger partial charge in [0.25, 0.3) is 0 Å². The molecule has 1 aromatic carbocycles. The molecule has 1 N–H and O–H groups in total. The first-order chi connectivity index (χ1) is 8.16. The largest absolute Gasteiger partial charge is 0.387 e. The lowest BCUT2D eigenvalue weighted by atomic mass is 10.1. The number of hydrogen-bond acceptors (Lipinski definition) is 2. The summed E-state index contributed by atoms with van der Waals surface area (Å²) in [5.41, 5.74) is 0.643. The third kappa shape index (κ3) is 3.03. The monoisotopic (exact) mass is 237 g/mol. The Morgan fingerprint density at radius 2 is 2.00 bits per heavy atom. The fraction of sp³-hybridized carbons (Fsp3) is 0.462. The van der Waals surface area contributed by atoms with Crippen LogP contribution in [0, 0.1) is 5.82 Å². The van der Waals surface area contributed by atoms with Gasteiger partial charge in [0.1, 0.15) is 5.82 Å². The molecule has 4 heteroatoms. The van der Waals surface area contributed by atoms with E-state index >= 15 is 0 Å². The van der Waals surface area contributed by atoms with Gasteiger partial charge < -0.3 is 10.0 Å². The Balaban J connectivity index is 1.98. The van der Waals surface area contributed by atoms with Crippen LogP contribution in [0.4, 0.5) is 4.39 Å². The van der Waals surface area contributed by atoms with Gasteiger partial charge >= 0.3 is 0 Å². The van der Waals surface area contributed by atoms with Gasteiger partial charge in [-0.15, -0.1) is 0 Å². The highest BCUT2D eigenvalue weighted by atomic mass is 19.1. The van der Waals surface area contributed by atoms with E-state index in [4.69, 9.17) is 0 Å². The Bertz CT molecular complexity index is 391. The van der Waals surface area contributed by atoms with Gasteiger partial charge in [0.15, 0.2) is 0 Å². The van der Waals surface area contributed by atoms with Gasteiger partial charge in [-0.05, 0) is 30.5 Å². The van der Waals surface area contributed by atoms with E-state index in [2.05, 4.69) is 0 Å². The number of aliphatic hydroxyl groups excluding tert-OH is 1. The van der Waals surface area contributed by atoms with Crippen LogP contribution in [0.5, 0.6) is 0 Å². The maximum Gasteiger partial charge on any atom is 0.222 e. The summed E-state index contributed by atoms with van der Waals surface area (Å²) in [6, 6.07) is 5.73. The number of hydrogen-bond donors (Lipinski definition) is 1. The van der Waals surface area contributed by atoms with Crippen molar-refractivity contribution in [3.8, 4) is 0 Å². The molecule has 0 spiro atoms. The molecule has 3 nitrogen and oxygen atoms in total. The Kier molecular flexibility index (Phi) is 3.74. The van der Waals surface area contributed by atoms with Crippen molar-refractivity contribution in [1.82, 2.24) is 4.90 Å². The SMILES string of the molecule is O=C1CCCCN1CC(O)c1ccc(F)cc1. The third-order valence-electron chi connectivity index (χ3n) is 3.07. The molecule has 1 atom stereocenters. The maximum atomic E-state index is 12.7. The highest BCUT2D eigenvalue weighted by Crippen LogP contribution is 2.18. The Hall–Kier alpha value is -1.42. The summed E-state index contributed by atoms with van der Waals surface area (Å²) in [4.78, 5) is 13.2. The molecule has 0 aromatic heterocycles. The fourth-order valence-electron chi connectivity index (χ4n) is 2.05. The zero-order valence-electron chi connectivity index (χ0n) is 9.60. The molecule has 1 unspecified atom stereocenters. The van der Waals surface area contributed by atoms with Crippen molar-refractivity contribution in [2.24, 2.45) is 0 Å². The summed E-state index contributed by atoms with van der Waals surface area (Å²) in [5, 5.41) is 9.97. The molecule has 0 radical (unpaired) electrons. The van der Waals surface area contributed by atoms with Crippen molar-refractivity contribution in [3.63, 3.8) is 0 Å². The average Bonchev–Trinajstić information content (AvgIpc) is 2.33. The first-order valence-corrected chi connectivity index (χ1v) is 5.88. The van der Waals surface area contributed by atoms with Gasteiger partial charge in [-0.2, -0.15) is 0 Å². The predicted octanol–water partition coefficient (Wildman–Crippen LogP) is 1.87. The van der Waals surface area contributed by atoms with E-state index in [-0.39, 0.29) is 11.7 Å². The van der Waals surface area contributed by atoms with Crippen LogP contribution in [0.15, 0.2) is 24.3 Å². The Morgan fingerprint density at radius 3 is 2.65 bits per heavy atom. The fourth-order valence-corrected chi connectivity index (χ4v) is 2.05. The van der Waals surface area contributed by atoms with Crippen molar-refractivity contribution < 1.29 is 14.3 Å². The minimum Gasteiger partial charge on any atom is -0.387 e. The number of nitrogens with zero attached hydrogens (tertiary/aromatic N) is 1. The molecule has 0 aliphatic carbocycles. The molecule has 0 saturated carbocycles. The summed E-state index contributed by atoms with van der Waals surface area (Å²) in [5.74, 6) is -0.229. The smallest absolute Gasteiger partial charge is 0.222 e. The molecule has 1 amide bonds. The van der Waals surface area contributed by atoms with Crippen LogP contribution in [0.2, 0.25) is 0 Å². The van der Waals surface area contributed by atoms with E-state index < -0.39 is 6.10 Å². The maximum absolute atomic E-state index is 12.7. The second-order valence-corrected chi connectivity index (χ2v) is 4.36. The lowest BCUT2D eigenvalue weighted by Gasteiger charge is -2.28. The van der Waals surface area contributed by atoms with E-state index in [9.17, 15) is 14.3 Å². The van der Waals surface area contributed by atoms with E-state index in [1.165, 1.54) is 12.1 Å². The standard InChI is InChI=1S/C13H16FNO2/c14-11-6-4-10(5-7-11)12(16)9-15-8-2-1-3-13(15)17/h4-7,12,16H,1-3,8-9H2. The number of piperidine rings is 1. The summed E-state index contributed by atoms with van der Waals surface area (Å²) in [6.07, 6.45) is 1.75. The number of likely N-dealkylation sites (tertiary alicyclic amines) is 1. The molecule has 2 rings (SSSR count). The van der Waals surface area contributed by atoms with E-state index in [0.29, 0.717) is 25.1 Å². The molecular weight excluding hydrogens is 221 g/mol. The molecule has 0 bridgehead atoms. The number of β-amino-alcohol motifs (C(OH)–C–C–N with tert-alkyl or cyclic N) is 1. The number of halogens is 1. The second kappa shape index (κ2) is 5.27. The van der Waals surface area contributed by atoms with Crippen LogP contribution in [0.3, 0.4) is 0 Å². The Labute approximate surface area is 99.9 Å². The number of carbonyl (C=O) groups excluding carboxylic acids is 1. The minimum absolute atomic E-state index is 0.0948. The molecular formula is C13H16FNO2. The van der Waals surface area contributed by atoms with Crippen LogP contribution in [-0.2, 0) is 4.79 Å². The van der Waals surface area contributed by atoms with Crippen LogP contribution in [0.25, 0.3) is 0 Å². The summed E-state index contributed by atoms with van der Waals surface area (Å²) < 4.78 is 12.7. The van der Waals surface area contributed by atoms with E-state index in [1.807, 2.05) is 0 Å². The number of benzene rings is 1. The number of aliphatic hydroxyl groups is 1. The van der Waals surface area contributed by atoms with E-state index in [0.717, 1.165) is 12.8 Å². The highest BCUT2D eigenvalue weighted by molar-refractivity contribution is 5.76. The van der Waals surface area contributed by atoms with Crippen LogP contribution in [0.1, 0.15) is 30.9 Å². The van der Waals surface area contributed by atoms with Crippen LogP contribution >= 0.6 is 0 Å². The molecule has 1 aromatic rings. The van der Waals surface area contributed by atoms with Gasteiger partial charge in [-0.3, -0.25) is 4.79 Å². The quantitative estimate of drug-likeness (QED) is 0.871. The molecule has 1 heterocycles. The number of carbonyl (C=O) groups is 1. The van der Waals surface area contributed by atoms with E-state index in [1.54, 1.807) is 17.0 Å². The minimum atomic E-state index is -0.738. The molecule has 1 fully saturated rings. The van der Waals surface area contributed by atoms with Crippen molar-refractivity contribution in [2.45, 2.75) is 25.4 Å². The third-order valence-corrected chi connectivity index (χ3v) is 3.07. The zero-order valence-corrected chi connectivity index (χ0v) is 9.60. The molecule has 1 aliphatic heterocycles. The molecule has 17 heavy (non-hydrogen) atoms. The first-order valence-electron chi connectivity index (χ1n) is 5.88. The zero-order chi connectivity index (χ0) is 12.3. The van der Waals surface area contributed by atoms with Gasteiger partial charge in [0.05, 0.1) is 12.6 Å². The van der Waals surface area contributed by atoms with Crippen LogP contribution in [-0.4, -0.2) is 29.0 Å². The summed E-state index contributed by atoms with van der Waals surface area (Å²) >= 11 is 0. The molecule has 1 aliphatic rings. The lowest BCUT2D eigenvalue weighted by Crippen LogP contribution is -2.38. The van der Waals surface area contributed by atoms with Crippen molar-refractivity contribution in [1.29, 1.82) is 0 Å². The van der Waals surface area contributed by atoms with Gasteiger partial charge in [0, 0.05) is 13.0 Å². The Morgan fingerprint density at radius 1 is 1.29 bits per heavy atom. The van der Waals surface area contributed by atoms with Gasteiger partial charge in [-0.25, -0.2) is 4.39 Å². The van der Waals surface area contributed by atoms with Crippen molar-refractivity contribution >= 4 is 5.91 Å². The van der Waals surface area contributed by atoms with Gasteiger partial charge in [-0.1, -0.05) is 12.1 Å². The van der Waals surface area contributed by atoms with Crippen LogP contribution < -0.4 is 0 Å². The lowest BCUT2D eigenvalue weighted by molar-refractivity contribution is -0.134. The predicted molar refractivity (Wildman–Crippen MR) is 61.8 cm³/mol. The number of rotatable bonds is 3. The van der Waals surface area contributed by atoms with Crippen molar-refractivity contribution in [2.75, 3.05) is 13.1 Å². The van der Waals surface area contributed by atoms with Gasteiger partial charge in [0.2, 0.25) is 5.91 Å². The number of amides is 1. The summed E-state index contributed by atoms with van der Waals surface area (Å²) in [6.45, 7) is 1.00. The second-order valence-electron chi connectivity index (χ2n) is 4.36. The van der Waals surface area contributed by atoms with Crippen molar-refractivity contribution in [3.05, 3.63) is 35.6 Å². The topological polar surface area (TPSA) is 40.5 Å². The normalized spacial score (nSPS) is 18.2. The molecule has 1 saturated heterocycles. The average molecular weight is 237 g/mol.